The summed E-state index contributed by atoms with van der Waals surface area (Å²) in [6.07, 6.45) is 0.804. The Morgan fingerprint density at radius 1 is 1.15 bits per heavy atom. The molecule has 0 fully saturated rings. The number of halogens is 1. The van der Waals surface area contributed by atoms with Crippen molar-refractivity contribution in [2.24, 2.45) is 0 Å². The van der Waals surface area contributed by atoms with E-state index in [9.17, 15) is 9.59 Å². The molecule has 1 unspecified atom stereocenters. The van der Waals surface area contributed by atoms with Gasteiger partial charge >= 0.3 is 0 Å². The summed E-state index contributed by atoms with van der Waals surface area (Å²) in [5.74, 6) is 0.471. The molecule has 1 aliphatic rings. The van der Waals surface area contributed by atoms with Crippen LogP contribution in [0.5, 0.6) is 5.75 Å². The van der Waals surface area contributed by atoms with Gasteiger partial charge in [0.1, 0.15) is 18.9 Å². The van der Waals surface area contributed by atoms with Crippen LogP contribution in [0, 0.1) is 0 Å². The van der Waals surface area contributed by atoms with Gasteiger partial charge in [0.25, 0.3) is 5.91 Å². The SMILES string of the molecule is COCCN(CC(=O)N1CCc2sccc2C1COc1ccccc1)C(=O)c1cccc(Br)c1. The van der Waals surface area contributed by atoms with E-state index in [2.05, 4.69) is 27.4 Å². The molecule has 2 heterocycles. The van der Waals surface area contributed by atoms with E-state index in [1.165, 1.54) is 4.88 Å². The topological polar surface area (TPSA) is 59.1 Å². The van der Waals surface area contributed by atoms with Crippen molar-refractivity contribution in [3.8, 4) is 5.75 Å². The van der Waals surface area contributed by atoms with Gasteiger partial charge in [-0.2, -0.15) is 0 Å². The smallest absolute Gasteiger partial charge is 0.254 e. The lowest BCUT2D eigenvalue weighted by Crippen LogP contribution is -2.48. The molecule has 0 bridgehead atoms. The van der Waals surface area contributed by atoms with Crippen molar-refractivity contribution in [2.45, 2.75) is 12.5 Å². The first-order valence-electron chi connectivity index (χ1n) is 11.1. The fourth-order valence-corrected chi connectivity index (χ4v) is 5.41. The van der Waals surface area contributed by atoms with Crippen LogP contribution in [0.3, 0.4) is 0 Å². The van der Waals surface area contributed by atoms with Gasteiger partial charge in [-0.3, -0.25) is 9.59 Å². The van der Waals surface area contributed by atoms with Gasteiger partial charge in [0, 0.05) is 35.1 Å². The Labute approximate surface area is 212 Å². The monoisotopic (exact) mass is 542 g/mol. The van der Waals surface area contributed by atoms with Crippen molar-refractivity contribution in [1.82, 2.24) is 9.80 Å². The number of rotatable bonds is 9. The van der Waals surface area contributed by atoms with Gasteiger partial charge in [0.05, 0.1) is 12.6 Å². The summed E-state index contributed by atoms with van der Waals surface area (Å²) < 4.78 is 12.1. The second-order valence-electron chi connectivity index (χ2n) is 8.01. The van der Waals surface area contributed by atoms with Crippen molar-refractivity contribution < 1.29 is 19.1 Å². The molecule has 1 aromatic heterocycles. The summed E-state index contributed by atoms with van der Waals surface area (Å²) in [5.41, 5.74) is 1.66. The zero-order valence-electron chi connectivity index (χ0n) is 19.0. The molecule has 0 saturated carbocycles. The molecule has 1 aliphatic heterocycles. The lowest BCUT2D eigenvalue weighted by atomic mass is 10.0. The number of benzene rings is 2. The van der Waals surface area contributed by atoms with E-state index in [0.717, 1.165) is 22.2 Å². The summed E-state index contributed by atoms with van der Waals surface area (Å²) in [6.45, 7) is 1.62. The number of carbonyl (C=O) groups excluding carboxylic acids is 2. The Kier molecular flexibility index (Phi) is 8.37. The summed E-state index contributed by atoms with van der Waals surface area (Å²) in [5, 5.41) is 2.07. The first-order chi connectivity index (χ1) is 16.6. The second kappa shape index (κ2) is 11.6. The predicted molar refractivity (Wildman–Crippen MR) is 136 cm³/mol. The summed E-state index contributed by atoms with van der Waals surface area (Å²) in [4.78, 5) is 31.5. The lowest BCUT2D eigenvalue weighted by Gasteiger charge is -2.37. The minimum absolute atomic E-state index is 0.0178. The van der Waals surface area contributed by atoms with E-state index in [1.807, 2.05) is 47.4 Å². The zero-order chi connectivity index (χ0) is 23.9. The third kappa shape index (κ3) is 5.87. The summed E-state index contributed by atoms with van der Waals surface area (Å²) in [6, 6.07) is 18.7. The molecule has 2 aromatic carbocycles. The highest BCUT2D eigenvalue weighted by molar-refractivity contribution is 9.10. The molecule has 34 heavy (non-hydrogen) atoms. The van der Waals surface area contributed by atoms with Crippen molar-refractivity contribution in [3.05, 3.63) is 86.5 Å². The Hall–Kier alpha value is -2.68. The van der Waals surface area contributed by atoms with Crippen LogP contribution in [-0.2, 0) is 16.0 Å². The predicted octanol–water partition coefficient (Wildman–Crippen LogP) is 4.80. The number of amides is 2. The maximum Gasteiger partial charge on any atom is 0.254 e. The van der Waals surface area contributed by atoms with E-state index < -0.39 is 0 Å². The molecule has 3 aromatic rings. The van der Waals surface area contributed by atoms with Crippen LogP contribution in [0.4, 0.5) is 0 Å². The molecule has 0 saturated heterocycles. The molecule has 178 valence electrons. The fraction of sp³-hybridized carbons (Fsp3) is 0.308. The summed E-state index contributed by atoms with van der Waals surface area (Å²) >= 11 is 5.13. The van der Waals surface area contributed by atoms with Crippen LogP contribution in [0.25, 0.3) is 0 Å². The number of fused-ring (bicyclic) bond motifs is 1. The van der Waals surface area contributed by atoms with Gasteiger partial charge in [-0.15, -0.1) is 11.3 Å². The molecular formula is C26H27BrN2O4S. The highest BCUT2D eigenvalue weighted by atomic mass is 79.9. The van der Waals surface area contributed by atoms with Gasteiger partial charge < -0.3 is 19.3 Å². The van der Waals surface area contributed by atoms with E-state index in [-0.39, 0.29) is 24.4 Å². The van der Waals surface area contributed by atoms with E-state index in [1.54, 1.807) is 35.5 Å². The maximum atomic E-state index is 13.6. The molecule has 0 N–H and O–H groups in total. The van der Waals surface area contributed by atoms with Crippen LogP contribution >= 0.6 is 27.3 Å². The van der Waals surface area contributed by atoms with Crippen LogP contribution in [0.2, 0.25) is 0 Å². The number of nitrogens with zero attached hydrogens (tertiary/aromatic N) is 2. The minimum atomic E-state index is -0.201. The number of methoxy groups -OCH3 is 1. The van der Waals surface area contributed by atoms with Crippen molar-refractivity contribution in [3.63, 3.8) is 0 Å². The first-order valence-corrected chi connectivity index (χ1v) is 12.8. The van der Waals surface area contributed by atoms with E-state index in [0.29, 0.717) is 31.9 Å². The van der Waals surface area contributed by atoms with E-state index >= 15 is 0 Å². The van der Waals surface area contributed by atoms with Crippen molar-refractivity contribution >= 4 is 39.1 Å². The molecule has 0 radical (unpaired) electrons. The zero-order valence-corrected chi connectivity index (χ0v) is 21.4. The molecule has 2 amide bonds. The molecule has 1 atom stereocenters. The largest absolute Gasteiger partial charge is 0.491 e. The van der Waals surface area contributed by atoms with Gasteiger partial charge in [0.15, 0.2) is 0 Å². The first kappa shape index (κ1) is 24.4. The van der Waals surface area contributed by atoms with Crippen LogP contribution in [-0.4, -0.2) is 61.6 Å². The number of hydrogen-bond acceptors (Lipinski definition) is 5. The third-order valence-corrected chi connectivity index (χ3v) is 7.31. The van der Waals surface area contributed by atoms with Crippen molar-refractivity contribution in [2.75, 3.05) is 40.0 Å². The molecular weight excluding hydrogens is 516 g/mol. The molecule has 8 heteroatoms. The fourth-order valence-electron chi connectivity index (χ4n) is 4.08. The highest BCUT2D eigenvalue weighted by Crippen LogP contribution is 2.34. The third-order valence-electron chi connectivity index (χ3n) is 5.82. The number of carbonyl (C=O) groups is 2. The minimum Gasteiger partial charge on any atom is -0.491 e. The quantitative estimate of drug-likeness (QED) is 0.389. The van der Waals surface area contributed by atoms with Gasteiger partial charge in [-0.05, 0) is 53.8 Å². The van der Waals surface area contributed by atoms with Crippen molar-refractivity contribution in [1.29, 1.82) is 0 Å². The molecule has 0 aliphatic carbocycles. The lowest BCUT2D eigenvalue weighted by molar-refractivity contribution is -0.135. The van der Waals surface area contributed by atoms with Crippen LogP contribution in [0.1, 0.15) is 26.8 Å². The normalized spacial score (nSPS) is 15.0. The standard InChI is InChI=1S/C26H27BrN2O4S/c1-32-14-13-28(26(31)19-6-5-7-20(27)16-19)17-25(30)29-12-10-24-22(11-15-34-24)23(29)18-33-21-8-3-2-4-9-21/h2-9,11,15-16,23H,10,12-14,17-18H2,1H3. The van der Waals surface area contributed by atoms with Gasteiger partial charge in [-0.25, -0.2) is 0 Å². The van der Waals surface area contributed by atoms with Gasteiger partial charge in [0.2, 0.25) is 5.91 Å². The second-order valence-corrected chi connectivity index (χ2v) is 9.92. The Balaban J connectivity index is 1.52. The van der Waals surface area contributed by atoms with Gasteiger partial charge in [-0.1, -0.05) is 40.2 Å². The molecule has 4 rings (SSSR count). The number of ether oxygens (including phenoxy) is 2. The molecule has 0 spiro atoms. The average Bonchev–Trinajstić information content (AvgIpc) is 3.34. The Morgan fingerprint density at radius 2 is 1.97 bits per heavy atom. The van der Waals surface area contributed by atoms with E-state index in [4.69, 9.17) is 9.47 Å². The number of hydrogen-bond donors (Lipinski definition) is 0. The van der Waals surface area contributed by atoms with Crippen LogP contribution in [0.15, 0.2) is 70.5 Å². The van der Waals surface area contributed by atoms with Crippen LogP contribution < -0.4 is 4.74 Å². The highest BCUT2D eigenvalue weighted by Gasteiger charge is 2.33. The average molecular weight is 543 g/mol. The Bertz CT molecular complexity index is 1120. The molecule has 6 nitrogen and oxygen atoms in total. The number of thiophene rings is 1. The number of para-hydroxylation sites is 1. The summed E-state index contributed by atoms with van der Waals surface area (Å²) in [7, 11) is 1.59. The Morgan fingerprint density at radius 3 is 2.74 bits per heavy atom. The maximum absolute atomic E-state index is 13.6.